The average molecular weight is 554 g/mol. The topological polar surface area (TPSA) is 161 Å². The van der Waals surface area contributed by atoms with Gasteiger partial charge in [-0.2, -0.15) is 0 Å². The Balaban J connectivity index is 1.52. The molecule has 11 heteroatoms. The molecule has 1 aliphatic heterocycles. The van der Waals surface area contributed by atoms with Crippen molar-refractivity contribution in [3.63, 3.8) is 0 Å². The minimum absolute atomic E-state index is 0.151. The van der Waals surface area contributed by atoms with Crippen molar-refractivity contribution in [3.05, 3.63) is 53.7 Å². The molecule has 2 aromatic rings. The van der Waals surface area contributed by atoms with Gasteiger partial charge in [-0.15, -0.1) is 0 Å². The van der Waals surface area contributed by atoms with Gasteiger partial charge in [0, 0.05) is 24.7 Å². The molecule has 0 saturated carbocycles. The Kier molecular flexibility index (Phi) is 10.7. The number of pyridine rings is 1. The summed E-state index contributed by atoms with van der Waals surface area (Å²) in [7, 11) is 0. The lowest BCUT2D eigenvalue weighted by Gasteiger charge is -2.34. The minimum Gasteiger partial charge on any atom is -0.480 e. The summed E-state index contributed by atoms with van der Waals surface area (Å²) < 4.78 is 0. The van der Waals surface area contributed by atoms with Gasteiger partial charge in [-0.3, -0.25) is 29.2 Å². The molecule has 0 spiro atoms. The molecule has 0 radical (unpaired) electrons. The third-order valence-electron chi connectivity index (χ3n) is 6.88. The number of benzene rings is 1. The van der Waals surface area contributed by atoms with E-state index in [9.17, 15) is 29.4 Å². The number of hydrazine groups is 1. The van der Waals surface area contributed by atoms with E-state index in [0.717, 1.165) is 22.4 Å². The van der Waals surface area contributed by atoms with E-state index < -0.39 is 42.0 Å². The Bertz CT molecular complexity index is 1200. The smallest absolute Gasteiger partial charge is 0.322 e. The third-order valence-corrected chi connectivity index (χ3v) is 6.88. The molecular formula is C29H39N5O6. The molecule has 2 heterocycles. The lowest BCUT2D eigenvalue weighted by Crippen LogP contribution is -2.60. The van der Waals surface area contributed by atoms with Gasteiger partial charge in [0.15, 0.2) is 0 Å². The first kappa shape index (κ1) is 30.7. The van der Waals surface area contributed by atoms with Crippen LogP contribution in [0, 0.1) is 5.92 Å². The zero-order valence-corrected chi connectivity index (χ0v) is 23.4. The number of aryl methyl sites for hydroxylation is 1. The molecule has 0 bridgehead atoms. The summed E-state index contributed by atoms with van der Waals surface area (Å²) in [5, 5.41) is 25.7. The van der Waals surface area contributed by atoms with Crippen molar-refractivity contribution in [3.8, 4) is 11.3 Å². The minimum atomic E-state index is -1.04. The van der Waals surface area contributed by atoms with E-state index in [-0.39, 0.29) is 18.2 Å². The maximum atomic E-state index is 13.0. The summed E-state index contributed by atoms with van der Waals surface area (Å²) in [4.78, 5) is 54.2. The number of nitrogens with one attached hydrogen (secondary N) is 3. The number of carboxylic acids is 1. The van der Waals surface area contributed by atoms with E-state index >= 15 is 0 Å². The number of nitrogens with zero attached hydrogens (tertiary/aromatic N) is 2. The van der Waals surface area contributed by atoms with Crippen LogP contribution < -0.4 is 16.1 Å². The molecule has 11 nitrogen and oxygen atoms in total. The number of aliphatic carboxylic acids is 1. The largest absolute Gasteiger partial charge is 0.480 e. The number of aliphatic hydroxyl groups excluding tert-OH is 1. The number of aromatic nitrogens is 1. The number of amides is 3. The Labute approximate surface area is 234 Å². The number of hydrogen-bond donors (Lipinski definition) is 5. The second-order valence-electron chi connectivity index (χ2n) is 10.5. The van der Waals surface area contributed by atoms with Crippen LogP contribution >= 0.6 is 0 Å². The predicted molar refractivity (Wildman–Crippen MR) is 149 cm³/mol. The SMILES string of the molecule is CC(NC(=O)[C@@H](NC(=O)CCc1ccc(-c2cccc([C@@H](C)O)c2)nc1)C(C)C)C(=O)N1CCCC(C(=O)O)N1. The van der Waals surface area contributed by atoms with Crippen molar-refractivity contribution in [1.82, 2.24) is 26.1 Å². The summed E-state index contributed by atoms with van der Waals surface area (Å²) in [5.41, 5.74) is 6.01. The lowest BCUT2D eigenvalue weighted by molar-refractivity contribution is -0.148. The number of carboxylic acid groups (broad SMARTS) is 1. The van der Waals surface area contributed by atoms with E-state index in [1.54, 1.807) is 27.0 Å². The first-order valence-electron chi connectivity index (χ1n) is 13.6. The van der Waals surface area contributed by atoms with Gasteiger partial charge in [-0.1, -0.05) is 38.1 Å². The molecule has 40 heavy (non-hydrogen) atoms. The zero-order valence-electron chi connectivity index (χ0n) is 23.4. The van der Waals surface area contributed by atoms with Gasteiger partial charge in [-0.05, 0) is 62.3 Å². The second kappa shape index (κ2) is 14.0. The maximum absolute atomic E-state index is 13.0. The molecule has 1 saturated heterocycles. The van der Waals surface area contributed by atoms with Crippen molar-refractivity contribution >= 4 is 23.7 Å². The monoisotopic (exact) mass is 553 g/mol. The Morgan fingerprint density at radius 3 is 2.48 bits per heavy atom. The van der Waals surface area contributed by atoms with Crippen LogP contribution in [0.3, 0.4) is 0 Å². The molecule has 3 amide bonds. The normalized spacial score (nSPS) is 17.6. The van der Waals surface area contributed by atoms with Crippen LogP contribution in [0.2, 0.25) is 0 Å². The van der Waals surface area contributed by atoms with Crippen LogP contribution in [-0.2, 0) is 25.6 Å². The number of carbonyl (C=O) groups excluding carboxylic acids is 3. The molecule has 1 aliphatic rings. The fourth-order valence-corrected chi connectivity index (χ4v) is 4.46. The van der Waals surface area contributed by atoms with Crippen LogP contribution in [0.15, 0.2) is 42.6 Å². The van der Waals surface area contributed by atoms with E-state index in [4.69, 9.17) is 0 Å². The molecule has 2 unspecified atom stereocenters. The van der Waals surface area contributed by atoms with Gasteiger partial charge in [-0.25, -0.2) is 5.43 Å². The average Bonchev–Trinajstić information content (AvgIpc) is 2.94. The van der Waals surface area contributed by atoms with Crippen LogP contribution in [0.4, 0.5) is 0 Å². The first-order valence-corrected chi connectivity index (χ1v) is 13.6. The Hall–Kier alpha value is -3.83. The molecule has 216 valence electrons. The van der Waals surface area contributed by atoms with Crippen molar-refractivity contribution in [2.75, 3.05) is 6.54 Å². The van der Waals surface area contributed by atoms with Crippen LogP contribution in [0.5, 0.6) is 0 Å². The van der Waals surface area contributed by atoms with Gasteiger partial charge in [0.05, 0.1) is 11.8 Å². The van der Waals surface area contributed by atoms with E-state index in [0.29, 0.717) is 25.8 Å². The first-order chi connectivity index (χ1) is 19.0. The molecular weight excluding hydrogens is 514 g/mol. The molecule has 1 fully saturated rings. The van der Waals surface area contributed by atoms with E-state index in [1.165, 1.54) is 11.9 Å². The van der Waals surface area contributed by atoms with Crippen LogP contribution in [0.1, 0.15) is 64.2 Å². The van der Waals surface area contributed by atoms with Crippen molar-refractivity contribution in [1.29, 1.82) is 0 Å². The maximum Gasteiger partial charge on any atom is 0.322 e. The summed E-state index contributed by atoms with van der Waals surface area (Å²) in [5.74, 6) is -2.49. The fourth-order valence-electron chi connectivity index (χ4n) is 4.46. The van der Waals surface area contributed by atoms with Gasteiger partial charge < -0.3 is 20.8 Å². The van der Waals surface area contributed by atoms with Crippen LogP contribution in [0.25, 0.3) is 11.3 Å². The summed E-state index contributed by atoms with van der Waals surface area (Å²) in [6.07, 6.45) is 2.67. The zero-order chi connectivity index (χ0) is 29.4. The van der Waals surface area contributed by atoms with Crippen molar-refractivity contribution in [2.24, 2.45) is 5.92 Å². The van der Waals surface area contributed by atoms with Gasteiger partial charge in [0.2, 0.25) is 11.8 Å². The molecule has 4 atom stereocenters. The van der Waals surface area contributed by atoms with Gasteiger partial charge >= 0.3 is 5.97 Å². The highest BCUT2D eigenvalue weighted by molar-refractivity contribution is 5.92. The lowest BCUT2D eigenvalue weighted by atomic mass is 10.0. The summed E-state index contributed by atoms with van der Waals surface area (Å²) in [6, 6.07) is 8.70. The van der Waals surface area contributed by atoms with Crippen molar-refractivity contribution in [2.45, 2.75) is 77.6 Å². The van der Waals surface area contributed by atoms with E-state index in [1.807, 2.05) is 36.4 Å². The van der Waals surface area contributed by atoms with Gasteiger partial charge in [0.1, 0.15) is 18.1 Å². The molecule has 1 aromatic carbocycles. The van der Waals surface area contributed by atoms with Gasteiger partial charge in [0.25, 0.3) is 5.91 Å². The summed E-state index contributed by atoms with van der Waals surface area (Å²) in [6.45, 7) is 7.19. The highest BCUT2D eigenvalue weighted by Gasteiger charge is 2.32. The number of aliphatic hydroxyl groups is 1. The molecule has 5 N–H and O–H groups in total. The number of carbonyl (C=O) groups is 4. The standard InChI is InChI=1S/C29H39N5O6/c1-17(2)26(27(37)31-18(3)28(38)34-14-6-9-24(33-34)29(39)40)32-25(36)13-11-20-10-12-23(30-16-20)22-8-5-7-21(15-22)19(4)35/h5,7-8,10,12,15-19,24,26,33,35H,6,9,11,13-14H2,1-4H3,(H,31,37)(H,32,36)(H,39,40)/t18?,19-,24?,26+/m1/s1. The molecule has 0 aliphatic carbocycles. The number of hydrogen-bond acceptors (Lipinski definition) is 7. The molecule has 3 rings (SSSR count). The highest BCUT2D eigenvalue weighted by Crippen LogP contribution is 2.22. The second-order valence-corrected chi connectivity index (χ2v) is 10.5. The summed E-state index contributed by atoms with van der Waals surface area (Å²) >= 11 is 0. The quantitative estimate of drug-likeness (QED) is 0.282. The third kappa shape index (κ3) is 8.33. The van der Waals surface area contributed by atoms with E-state index in [2.05, 4.69) is 21.0 Å². The molecule has 1 aromatic heterocycles. The Morgan fingerprint density at radius 2 is 1.85 bits per heavy atom. The highest BCUT2D eigenvalue weighted by atomic mass is 16.4. The van der Waals surface area contributed by atoms with Crippen molar-refractivity contribution < 1.29 is 29.4 Å². The van der Waals surface area contributed by atoms with Crippen LogP contribution in [-0.4, -0.2) is 68.6 Å². The predicted octanol–water partition coefficient (Wildman–Crippen LogP) is 1.96. The Morgan fingerprint density at radius 1 is 1.10 bits per heavy atom. The fraction of sp³-hybridized carbons (Fsp3) is 0.483. The number of rotatable bonds is 11.